The molecule has 49 heavy (non-hydrogen) atoms. The predicted octanol–water partition coefficient (Wildman–Crippen LogP) is 12.4. The van der Waals surface area contributed by atoms with Crippen LogP contribution in [0.5, 0.6) is 0 Å². The van der Waals surface area contributed by atoms with Gasteiger partial charge in [-0.2, -0.15) is 10.2 Å². The van der Waals surface area contributed by atoms with E-state index < -0.39 is 0 Å². The highest BCUT2D eigenvalue weighted by Crippen LogP contribution is 2.41. The molecule has 250 valence electrons. The summed E-state index contributed by atoms with van der Waals surface area (Å²) < 4.78 is 0. The van der Waals surface area contributed by atoms with Crippen LogP contribution in [0.15, 0.2) is 139 Å². The molecule has 0 saturated carbocycles. The van der Waals surface area contributed by atoms with Gasteiger partial charge in [-0.05, 0) is 110 Å². The fourth-order valence-corrected chi connectivity index (χ4v) is 6.48. The maximum Gasteiger partial charge on any atom is 0.185 e. The first kappa shape index (κ1) is 35.4. The Labute approximate surface area is 294 Å². The number of ketones is 2. The summed E-state index contributed by atoms with van der Waals surface area (Å²) in [4.78, 5) is 28.2. The summed E-state index contributed by atoms with van der Waals surface area (Å²) >= 11 is 1.52. The molecule has 2 aliphatic carbocycles. The lowest BCUT2D eigenvalue weighted by atomic mass is 9.78. The van der Waals surface area contributed by atoms with Crippen molar-refractivity contribution in [2.24, 2.45) is 31.3 Å². The maximum atomic E-state index is 13.2. The van der Waals surface area contributed by atoms with E-state index in [1.165, 1.54) is 11.3 Å². The Bertz CT molecular complexity index is 1910. The van der Waals surface area contributed by atoms with Gasteiger partial charge < -0.3 is 0 Å². The number of hydrogen-bond donors (Lipinski definition) is 0. The van der Waals surface area contributed by atoms with Crippen LogP contribution in [0.2, 0.25) is 0 Å². The molecule has 2 aliphatic rings. The summed E-state index contributed by atoms with van der Waals surface area (Å²) in [6.07, 6.45) is 7.69. The molecule has 0 atom stereocenters. The van der Waals surface area contributed by atoms with Gasteiger partial charge in [0.25, 0.3) is 0 Å². The van der Waals surface area contributed by atoms with E-state index in [4.69, 9.17) is 10.2 Å². The molecule has 0 N–H and O–H groups in total. The quantitative estimate of drug-likeness (QED) is 0.245. The monoisotopic (exact) mass is 668 g/mol. The fraction of sp³-hybridized carbons (Fsp3) is 0.286. The van der Waals surface area contributed by atoms with Crippen LogP contribution in [-0.4, -0.2) is 11.6 Å². The molecule has 0 unspecified atom stereocenters. The Morgan fingerprint density at radius 1 is 0.510 bits per heavy atom. The van der Waals surface area contributed by atoms with Crippen molar-refractivity contribution >= 4 is 45.7 Å². The SMILES string of the molecule is CC1=C/C(=C(\N=Nc2ccc(C)cc2)c2ccc(/C(N=Nc3ccc(C)cc3)=C3/C=C(C)C(=O)C(C(C)(C)C)=C3)s2)C=C(C(C)(C)C)C1=O. The molecule has 3 aromatic rings. The van der Waals surface area contributed by atoms with Gasteiger partial charge >= 0.3 is 0 Å². The fourth-order valence-electron chi connectivity index (χ4n) is 5.46. The normalized spacial score (nSPS) is 18.1. The molecular weight excluding hydrogens is 625 g/mol. The number of azo groups is 2. The Balaban J connectivity index is 1.73. The van der Waals surface area contributed by atoms with Crippen molar-refractivity contribution < 1.29 is 9.59 Å². The number of aryl methyl sites for hydroxylation is 2. The second kappa shape index (κ2) is 13.9. The highest BCUT2D eigenvalue weighted by atomic mass is 32.1. The van der Waals surface area contributed by atoms with Crippen LogP contribution in [0.1, 0.15) is 76.3 Å². The Morgan fingerprint density at radius 2 is 0.857 bits per heavy atom. The van der Waals surface area contributed by atoms with E-state index in [0.29, 0.717) is 22.5 Å². The number of nitrogens with zero attached hydrogens (tertiary/aromatic N) is 4. The standard InChI is InChI=1S/C42H44N4O2S/c1-25-11-15-31(16-12-25)43-45-37(29-21-27(3)39(47)33(23-29)41(5,6)7)35-19-20-36(49-35)38(46-44-32-17-13-26(2)14-18-32)30-22-28(4)40(48)34(24-30)42(8,9)10/h11-24H,1-10H3/b37-29+,38-30+,45-43?,46-44?. The van der Waals surface area contributed by atoms with E-state index in [9.17, 15) is 9.59 Å². The minimum atomic E-state index is -0.356. The molecule has 0 spiro atoms. The van der Waals surface area contributed by atoms with E-state index in [0.717, 1.165) is 54.5 Å². The second-order valence-corrected chi connectivity index (χ2v) is 15.9. The third kappa shape index (κ3) is 8.23. The number of rotatable bonds is 6. The van der Waals surface area contributed by atoms with Gasteiger partial charge in [-0.15, -0.1) is 21.6 Å². The summed E-state index contributed by atoms with van der Waals surface area (Å²) in [5.74, 6) is 0.0776. The van der Waals surface area contributed by atoms with Crippen LogP contribution < -0.4 is 0 Å². The number of Topliss-reactive ketones (excluding diaryl/α,β-unsaturated/α-hetero) is 2. The minimum Gasteiger partial charge on any atom is -0.289 e. The van der Waals surface area contributed by atoms with Gasteiger partial charge in [-0.1, -0.05) is 76.9 Å². The van der Waals surface area contributed by atoms with Gasteiger partial charge in [-0.25, -0.2) is 0 Å². The number of carbonyl (C=O) groups excluding carboxylic acids is 2. The predicted molar refractivity (Wildman–Crippen MR) is 202 cm³/mol. The van der Waals surface area contributed by atoms with E-state index in [1.807, 2.05) is 154 Å². The lowest BCUT2D eigenvalue weighted by Crippen LogP contribution is -2.21. The van der Waals surface area contributed by atoms with Crippen molar-refractivity contribution in [2.75, 3.05) is 0 Å². The Hall–Kier alpha value is -4.88. The third-order valence-corrected chi connectivity index (χ3v) is 9.48. The van der Waals surface area contributed by atoms with E-state index in [1.54, 1.807) is 0 Å². The van der Waals surface area contributed by atoms with Crippen molar-refractivity contribution in [2.45, 2.75) is 69.2 Å². The first-order chi connectivity index (χ1) is 23.0. The average Bonchev–Trinajstić information content (AvgIpc) is 3.50. The first-order valence-corrected chi connectivity index (χ1v) is 17.3. The molecule has 0 amide bonds. The minimum absolute atomic E-state index is 0.0388. The lowest BCUT2D eigenvalue weighted by molar-refractivity contribution is -0.113. The summed E-state index contributed by atoms with van der Waals surface area (Å²) in [7, 11) is 0. The number of carbonyl (C=O) groups is 2. The summed E-state index contributed by atoms with van der Waals surface area (Å²) in [5.41, 5.74) is 8.74. The molecule has 0 saturated heterocycles. The largest absolute Gasteiger partial charge is 0.289 e. The van der Waals surface area contributed by atoms with Crippen molar-refractivity contribution in [3.63, 3.8) is 0 Å². The zero-order chi connectivity index (χ0) is 35.7. The highest BCUT2D eigenvalue weighted by Gasteiger charge is 2.30. The van der Waals surface area contributed by atoms with Gasteiger partial charge in [0.1, 0.15) is 11.4 Å². The van der Waals surface area contributed by atoms with E-state index >= 15 is 0 Å². The molecule has 7 heteroatoms. The highest BCUT2D eigenvalue weighted by molar-refractivity contribution is 7.14. The number of thiophene rings is 1. The van der Waals surface area contributed by atoms with E-state index in [-0.39, 0.29) is 22.4 Å². The zero-order valence-corrected chi connectivity index (χ0v) is 30.9. The van der Waals surface area contributed by atoms with Crippen molar-refractivity contribution in [1.82, 2.24) is 0 Å². The van der Waals surface area contributed by atoms with Crippen molar-refractivity contribution in [3.8, 4) is 0 Å². The molecule has 1 heterocycles. The van der Waals surface area contributed by atoms with Crippen LogP contribution >= 0.6 is 11.3 Å². The van der Waals surface area contributed by atoms with Crippen LogP contribution in [-0.2, 0) is 9.59 Å². The summed E-state index contributed by atoms with van der Waals surface area (Å²) in [6, 6.07) is 19.8. The maximum absolute atomic E-state index is 13.2. The van der Waals surface area contributed by atoms with Gasteiger partial charge in [-0.3, -0.25) is 9.59 Å². The molecule has 0 fully saturated rings. The van der Waals surface area contributed by atoms with Gasteiger partial charge in [0, 0.05) is 22.3 Å². The Kier molecular flexibility index (Phi) is 10.1. The average molecular weight is 669 g/mol. The van der Waals surface area contributed by atoms with Crippen molar-refractivity contribution in [1.29, 1.82) is 0 Å². The van der Waals surface area contributed by atoms with Crippen LogP contribution in [0.3, 0.4) is 0 Å². The van der Waals surface area contributed by atoms with Crippen molar-refractivity contribution in [3.05, 3.63) is 139 Å². The summed E-state index contributed by atoms with van der Waals surface area (Å²) in [5, 5.41) is 18.9. The Morgan fingerprint density at radius 3 is 1.18 bits per heavy atom. The third-order valence-electron chi connectivity index (χ3n) is 8.38. The van der Waals surface area contributed by atoms with Gasteiger partial charge in [0.2, 0.25) is 0 Å². The second-order valence-electron chi connectivity index (χ2n) is 14.8. The smallest absolute Gasteiger partial charge is 0.185 e. The van der Waals surface area contributed by atoms with Gasteiger partial charge in [0.15, 0.2) is 11.6 Å². The number of benzene rings is 2. The molecule has 0 aliphatic heterocycles. The number of allylic oxidation sites excluding steroid dienone is 10. The molecule has 6 nitrogen and oxygen atoms in total. The zero-order valence-electron chi connectivity index (χ0n) is 30.1. The number of hydrogen-bond acceptors (Lipinski definition) is 7. The van der Waals surface area contributed by atoms with Crippen LogP contribution in [0.4, 0.5) is 11.4 Å². The molecular formula is C42H44N4O2S. The van der Waals surface area contributed by atoms with Gasteiger partial charge in [0.05, 0.1) is 21.1 Å². The first-order valence-electron chi connectivity index (χ1n) is 16.5. The lowest BCUT2D eigenvalue weighted by Gasteiger charge is -2.25. The van der Waals surface area contributed by atoms with Crippen LogP contribution in [0, 0.1) is 24.7 Å². The topological polar surface area (TPSA) is 83.6 Å². The molecule has 0 bridgehead atoms. The molecule has 5 rings (SSSR count). The summed E-state index contributed by atoms with van der Waals surface area (Å²) in [6.45, 7) is 20.0. The van der Waals surface area contributed by atoms with Crippen LogP contribution in [0.25, 0.3) is 11.4 Å². The molecule has 1 aromatic heterocycles. The van der Waals surface area contributed by atoms with E-state index in [2.05, 4.69) is 10.2 Å². The molecule has 2 aromatic carbocycles. The molecule has 0 radical (unpaired) electrons.